The normalized spacial score (nSPS) is 10.8. The molecule has 3 aromatic rings. The summed E-state index contributed by atoms with van der Waals surface area (Å²) in [5.74, 6) is -0.311. The number of rotatable bonds is 5. The molecular formula is C19H15N3O3S. The monoisotopic (exact) mass is 365 g/mol. The van der Waals surface area contributed by atoms with E-state index in [4.69, 9.17) is 0 Å². The zero-order valence-corrected chi connectivity index (χ0v) is 14.7. The molecule has 3 rings (SSSR count). The number of hydrogen-bond donors (Lipinski definition) is 1. The molecule has 130 valence electrons. The Kier molecular flexibility index (Phi) is 5.19. The van der Waals surface area contributed by atoms with Gasteiger partial charge in [-0.15, -0.1) is 11.3 Å². The number of aryl methyl sites for hydroxylation is 1. The van der Waals surface area contributed by atoms with Crippen LogP contribution >= 0.6 is 11.3 Å². The Morgan fingerprint density at radius 2 is 2.00 bits per heavy atom. The molecule has 1 aromatic heterocycles. The summed E-state index contributed by atoms with van der Waals surface area (Å²) in [6.45, 7) is 1.95. The Bertz CT molecular complexity index is 978. The summed E-state index contributed by atoms with van der Waals surface area (Å²) in [5, 5.41) is 16.5. The fourth-order valence-corrected chi connectivity index (χ4v) is 2.94. The fourth-order valence-electron chi connectivity index (χ4n) is 2.32. The summed E-state index contributed by atoms with van der Waals surface area (Å²) in [6, 6.07) is 13.5. The van der Waals surface area contributed by atoms with Gasteiger partial charge in [-0.05, 0) is 30.7 Å². The van der Waals surface area contributed by atoms with Crippen molar-refractivity contribution in [1.82, 2.24) is 4.98 Å². The Hall–Kier alpha value is -3.32. The Balaban J connectivity index is 1.64. The van der Waals surface area contributed by atoms with Gasteiger partial charge in [0.2, 0.25) is 5.91 Å². The van der Waals surface area contributed by atoms with Crippen LogP contribution in [0.15, 0.2) is 60.0 Å². The highest BCUT2D eigenvalue weighted by molar-refractivity contribution is 7.09. The van der Waals surface area contributed by atoms with E-state index in [-0.39, 0.29) is 11.6 Å². The highest BCUT2D eigenvalue weighted by atomic mass is 32.1. The summed E-state index contributed by atoms with van der Waals surface area (Å²) < 4.78 is 0. The van der Waals surface area contributed by atoms with Gasteiger partial charge in [-0.3, -0.25) is 14.9 Å². The number of nitro benzene ring substituents is 1. The second kappa shape index (κ2) is 7.71. The highest BCUT2D eigenvalue weighted by Crippen LogP contribution is 2.23. The van der Waals surface area contributed by atoms with Crippen molar-refractivity contribution in [3.05, 3.63) is 80.7 Å². The Morgan fingerprint density at radius 3 is 2.65 bits per heavy atom. The van der Waals surface area contributed by atoms with Crippen molar-refractivity contribution in [1.29, 1.82) is 0 Å². The SMILES string of the molecule is Cc1nc(-c2ccc(NC(=O)/C=C/c3cccc([N+](=O)[O-])c3)cc2)cs1. The quantitative estimate of drug-likeness (QED) is 0.404. The Morgan fingerprint density at radius 1 is 1.23 bits per heavy atom. The van der Waals surface area contributed by atoms with Gasteiger partial charge in [-0.2, -0.15) is 0 Å². The number of non-ortho nitro benzene ring substituents is 1. The molecule has 1 amide bonds. The molecule has 0 aliphatic rings. The number of benzene rings is 2. The minimum atomic E-state index is -0.469. The summed E-state index contributed by atoms with van der Waals surface area (Å²) in [4.78, 5) is 26.7. The first kappa shape index (κ1) is 17.5. The number of hydrogen-bond acceptors (Lipinski definition) is 5. The zero-order valence-electron chi connectivity index (χ0n) is 13.9. The van der Waals surface area contributed by atoms with E-state index < -0.39 is 4.92 Å². The van der Waals surface area contributed by atoms with Gasteiger partial charge in [0, 0.05) is 34.8 Å². The molecule has 0 radical (unpaired) electrons. The number of nitrogens with one attached hydrogen (secondary N) is 1. The van der Waals surface area contributed by atoms with Crippen LogP contribution in [0.2, 0.25) is 0 Å². The molecular weight excluding hydrogens is 350 g/mol. The molecule has 7 heteroatoms. The van der Waals surface area contributed by atoms with E-state index in [0.29, 0.717) is 11.3 Å². The summed E-state index contributed by atoms with van der Waals surface area (Å²) >= 11 is 1.59. The largest absolute Gasteiger partial charge is 0.323 e. The fraction of sp³-hybridized carbons (Fsp3) is 0.0526. The maximum Gasteiger partial charge on any atom is 0.270 e. The molecule has 0 aliphatic heterocycles. The van der Waals surface area contributed by atoms with E-state index in [0.717, 1.165) is 16.3 Å². The molecule has 1 N–H and O–H groups in total. The third-order valence-corrected chi connectivity index (χ3v) is 4.35. The minimum absolute atomic E-state index is 0.0135. The van der Waals surface area contributed by atoms with Gasteiger partial charge in [0.1, 0.15) is 0 Å². The van der Waals surface area contributed by atoms with Gasteiger partial charge in [-0.1, -0.05) is 24.3 Å². The van der Waals surface area contributed by atoms with Crippen LogP contribution in [-0.4, -0.2) is 15.8 Å². The predicted molar refractivity (Wildman–Crippen MR) is 103 cm³/mol. The molecule has 0 saturated heterocycles. The molecule has 1 heterocycles. The van der Waals surface area contributed by atoms with E-state index in [2.05, 4.69) is 10.3 Å². The van der Waals surface area contributed by atoms with Crippen LogP contribution in [0, 0.1) is 17.0 Å². The maximum atomic E-state index is 12.0. The van der Waals surface area contributed by atoms with Crippen LogP contribution in [0.4, 0.5) is 11.4 Å². The van der Waals surface area contributed by atoms with Crippen molar-refractivity contribution in [2.75, 3.05) is 5.32 Å². The van der Waals surface area contributed by atoms with E-state index in [1.54, 1.807) is 23.5 Å². The lowest BCUT2D eigenvalue weighted by atomic mass is 10.1. The summed E-state index contributed by atoms with van der Waals surface area (Å²) in [5.41, 5.74) is 3.13. The molecule has 0 unspecified atom stereocenters. The highest BCUT2D eigenvalue weighted by Gasteiger charge is 2.05. The topological polar surface area (TPSA) is 85.1 Å². The summed E-state index contributed by atoms with van der Waals surface area (Å²) in [6.07, 6.45) is 2.88. The van der Waals surface area contributed by atoms with Crippen molar-refractivity contribution in [2.24, 2.45) is 0 Å². The third kappa shape index (κ3) is 4.40. The van der Waals surface area contributed by atoms with Crippen LogP contribution in [0.5, 0.6) is 0 Å². The average Bonchev–Trinajstić information content (AvgIpc) is 3.07. The maximum absolute atomic E-state index is 12.0. The zero-order chi connectivity index (χ0) is 18.5. The lowest BCUT2D eigenvalue weighted by Crippen LogP contribution is -2.07. The number of thiazole rings is 1. The van der Waals surface area contributed by atoms with Crippen molar-refractivity contribution in [2.45, 2.75) is 6.92 Å². The van der Waals surface area contributed by atoms with Crippen molar-refractivity contribution in [3.63, 3.8) is 0 Å². The molecule has 0 saturated carbocycles. The van der Waals surface area contributed by atoms with Crippen molar-refractivity contribution in [3.8, 4) is 11.3 Å². The number of amides is 1. The molecule has 0 atom stereocenters. The first-order valence-electron chi connectivity index (χ1n) is 7.77. The Labute approximate surface area is 154 Å². The van der Waals surface area contributed by atoms with Crippen molar-refractivity contribution >= 4 is 34.7 Å². The van der Waals surface area contributed by atoms with Crippen LogP contribution in [0.25, 0.3) is 17.3 Å². The van der Waals surface area contributed by atoms with Gasteiger partial charge in [0.25, 0.3) is 5.69 Å². The smallest absolute Gasteiger partial charge is 0.270 e. The first-order valence-corrected chi connectivity index (χ1v) is 8.65. The number of nitro groups is 1. The van der Waals surface area contributed by atoms with Gasteiger partial charge in [-0.25, -0.2) is 4.98 Å². The third-order valence-electron chi connectivity index (χ3n) is 3.58. The van der Waals surface area contributed by atoms with Crippen LogP contribution < -0.4 is 5.32 Å². The molecule has 0 spiro atoms. The van der Waals surface area contributed by atoms with E-state index in [1.807, 2.05) is 36.6 Å². The molecule has 2 aromatic carbocycles. The lowest BCUT2D eigenvalue weighted by molar-refractivity contribution is -0.384. The van der Waals surface area contributed by atoms with E-state index >= 15 is 0 Å². The minimum Gasteiger partial charge on any atom is -0.323 e. The molecule has 0 fully saturated rings. The average molecular weight is 365 g/mol. The standard InChI is InChI=1S/C19H15N3O3S/c1-13-20-18(12-26-13)15-6-8-16(9-7-15)21-19(23)10-5-14-3-2-4-17(11-14)22(24)25/h2-12H,1H3,(H,21,23)/b10-5+. The molecule has 0 aliphatic carbocycles. The number of nitrogens with zero attached hydrogens (tertiary/aromatic N) is 2. The predicted octanol–water partition coefficient (Wildman–Crippen LogP) is 4.68. The van der Waals surface area contributed by atoms with Gasteiger partial charge in [0.15, 0.2) is 0 Å². The molecule has 26 heavy (non-hydrogen) atoms. The van der Waals surface area contributed by atoms with Crippen LogP contribution in [-0.2, 0) is 4.79 Å². The second-order valence-corrected chi connectivity index (χ2v) is 6.57. The molecule has 6 nitrogen and oxygen atoms in total. The van der Waals surface area contributed by atoms with Crippen LogP contribution in [0.1, 0.15) is 10.6 Å². The first-order chi connectivity index (χ1) is 12.5. The lowest BCUT2D eigenvalue weighted by Gasteiger charge is -2.03. The summed E-state index contributed by atoms with van der Waals surface area (Å²) in [7, 11) is 0. The number of carbonyl (C=O) groups is 1. The van der Waals surface area contributed by atoms with E-state index in [9.17, 15) is 14.9 Å². The number of carbonyl (C=O) groups excluding carboxylic acids is 1. The number of aromatic nitrogens is 1. The molecule has 0 bridgehead atoms. The van der Waals surface area contributed by atoms with Crippen molar-refractivity contribution < 1.29 is 9.72 Å². The second-order valence-electron chi connectivity index (χ2n) is 5.50. The number of anilines is 1. The van der Waals surface area contributed by atoms with Crippen LogP contribution in [0.3, 0.4) is 0 Å². The van der Waals surface area contributed by atoms with E-state index in [1.165, 1.54) is 24.3 Å². The van der Waals surface area contributed by atoms with Gasteiger partial charge in [0.05, 0.1) is 15.6 Å². The van der Waals surface area contributed by atoms with Gasteiger partial charge >= 0.3 is 0 Å². The van der Waals surface area contributed by atoms with Gasteiger partial charge < -0.3 is 5.32 Å².